The van der Waals surface area contributed by atoms with E-state index in [-0.39, 0.29) is 11.7 Å². The molecule has 5 aromatic rings. The topological polar surface area (TPSA) is 76.5 Å². The number of nitrogens with zero attached hydrogens (tertiary/aromatic N) is 3. The van der Waals surface area contributed by atoms with Crippen molar-refractivity contribution in [2.45, 2.75) is 14.4 Å². The van der Waals surface area contributed by atoms with E-state index >= 15 is 0 Å². The van der Waals surface area contributed by atoms with Gasteiger partial charge in [0.05, 0.1) is 12.0 Å². The number of amides is 1. The minimum atomic E-state index is -0.210. The highest BCUT2D eigenvalue weighted by molar-refractivity contribution is 8.03. The van der Waals surface area contributed by atoms with E-state index in [9.17, 15) is 4.79 Å². The van der Waals surface area contributed by atoms with Gasteiger partial charge >= 0.3 is 0 Å². The maximum Gasteiger partial charge on any atom is 0.250 e. The van der Waals surface area contributed by atoms with Crippen LogP contribution in [-0.2, 0) is 10.5 Å². The van der Waals surface area contributed by atoms with E-state index in [1.54, 1.807) is 18.0 Å². The molecule has 4 aromatic carbocycles. The van der Waals surface area contributed by atoms with Gasteiger partial charge in [-0.2, -0.15) is 5.10 Å². The summed E-state index contributed by atoms with van der Waals surface area (Å²) in [5, 5.41) is 15.0. The van der Waals surface area contributed by atoms with Crippen molar-refractivity contribution in [1.29, 1.82) is 0 Å². The van der Waals surface area contributed by atoms with Crippen LogP contribution in [-0.4, -0.2) is 28.1 Å². The Balaban J connectivity index is 1.08. The van der Waals surface area contributed by atoms with Crippen LogP contribution in [0.2, 0.25) is 0 Å². The van der Waals surface area contributed by atoms with E-state index in [0.29, 0.717) is 5.75 Å². The number of carbonyl (C=O) groups is 1. The van der Waals surface area contributed by atoms with Gasteiger partial charge in [-0.3, -0.25) is 4.79 Å². The van der Waals surface area contributed by atoms with Gasteiger partial charge in [-0.25, -0.2) is 5.43 Å². The number of hydrazone groups is 1. The largest absolute Gasteiger partial charge is 0.457 e. The maximum absolute atomic E-state index is 12.2. The lowest BCUT2D eigenvalue weighted by molar-refractivity contribution is -0.118. The average molecular weight is 543 g/mol. The Kier molecular flexibility index (Phi) is 8.47. The highest BCUT2D eigenvalue weighted by Gasteiger charge is 2.09. The van der Waals surface area contributed by atoms with Gasteiger partial charge in [0.25, 0.3) is 5.91 Å². The number of nitrogens with one attached hydrogen (secondary N) is 1. The summed E-state index contributed by atoms with van der Waals surface area (Å²) in [5.74, 6) is 2.26. The summed E-state index contributed by atoms with van der Waals surface area (Å²) < 4.78 is 7.47. The zero-order valence-electron chi connectivity index (χ0n) is 19.6. The molecular formula is C28H22N4O2S3. The fraction of sp³-hybridized carbons (Fsp3) is 0.0714. The predicted molar refractivity (Wildman–Crippen MR) is 153 cm³/mol. The van der Waals surface area contributed by atoms with Gasteiger partial charge in [-0.05, 0) is 46.2 Å². The Morgan fingerprint density at radius 3 is 2.49 bits per heavy atom. The molecule has 0 saturated carbocycles. The van der Waals surface area contributed by atoms with Gasteiger partial charge in [0.15, 0.2) is 8.68 Å². The number of rotatable bonds is 10. The van der Waals surface area contributed by atoms with Crippen molar-refractivity contribution in [3.63, 3.8) is 0 Å². The SMILES string of the molecule is O=C(CSc1nnc(SCc2cccc3ccccc23)s1)NN=Cc1cccc(Oc2ccccc2)c1. The fourth-order valence-electron chi connectivity index (χ4n) is 3.49. The molecule has 0 bridgehead atoms. The van der Waals surface area contributed by atoms with Crippen molar-refractivity contribution in [3.05, 3.63) is 108 Å². The molecule has 1 N–H and O–H groups in total. The first-order valence-corrected chi connectivity index (χ1v) is 14.2. The molecule has 9 heteroatoms. The van der Waals surface area contributed by atoms with Crippen LogP contribution >= 0.6 is 34.9 Å². The summed E-state index contributed by atoms with van der Waals surface area (Å²) in [5.41, 5.74) is 4.64. The van der Waals surface area contributed by atoms with Gasteiger partial charge in [0, 0.05) is 5.75 Å². The Labute approximate surface area is 227 Å². The summed E-state index contributed by atoms with van der Waals surface area (Å²) in [6.07, 6.45) is 1.59. The monoisotopic (exact) mass is 542 g/mol. The lowest BCUT2D eigenvalue weighted by atomic mass is 10.1. The predicted octanol–water partition coefficient (Wildman–Crippen LogP) is 7.02. The molecule has 37 heavy (non-hydrogen) atoms. The van der Waals surface area contributed by atoms with Crippen LogP contribution in [0.3, 0.4) is 0 Å². The minimum absolute atomic E-state index is 0.205. The van der Waals surface area contributed by atoms with Crippen molar-refractivity contribution < 1.29 is 9.53 Å². The van der Waals surface area contributed by atoms with E-state index in [1.165, 1.54) is 39.4 Å². The zero-order valence-corrected chi connectivity index (χ0v) is 22.1. The summed E-state index contributed by atoms with van der Waals surface area (Å²) in [6, 6.07) is 31.8. The molecule has 1 heterocycles. The number of carbonyl (C=O) groups excluding carboxylic acids is 1. The molecule has 0 aliphatic carbocycles. The van der Waals surface area contributed by atoms with Crippen molar-refractivity contribution in [2.75, 3.05) is 5.75 Å². The number of thioether (sulfide) groups is 2. The Morgan fingerprint density at radius 1 is 0.865 bits per heavy atom. The van der Waals surface area contributed by atoms with Gasteiger partial charge in [-0.15, -0.1) is 10.2 Å². The number of ether oxygens (including phenoxy) is 1. The van der Waals surface area contributed by atoms with Crippen LogP contribution in [0.4, 0.5) is 0 Å². The number of hydrogen-bond donors (Lipinski definition) is 1. The summed E-state index contributed by atoms with van der Waals surface area (Å²) >= 11 is 4.50. The van der Waals surface area contributed by atoms with E-state index < -0.39 is 0 Å². The molecule has 0 aliphatic rings. The second-order valence-electron chi connectivity index (χ2n) is 7.83. The van der Waals surface area contributed by atoms with Crippen LogP contribution in [0.1, 0.15) is 11.1 Å². The normalized spacial score (nSPS) is 11.1. The molecule has 0 unspecified atom stereocenters. The van der Waals surface area contributed by atoms with Gasteiger partial charge < -0.3 is 4.74 Å². The fourth-order valence-corrected chi connectivity index (χ4v) is 6.31. The average Bonchev–Trinajstić information content (AvgIpc) is 3.39. The zero-order chi connectivity index (χ0) is 25.3. The van der Waals surface area contributed by atoms with Crippen molar-refractivity contribution in [2.24, 2.45) is 5.10 Å². The minimum Gasteiger partial charge on any atom is -0.457 e. The molecule has 0 atom stereocenters. The molecule has 0 spiro atoms. The molecule has 6 nitrogen and oxygen atoms in total. The highest BCUT2D eigenvalue weighted by atomic mass is 32.2. The smallest absolute Gasteiger partial charge is 0.250 e. The first-order valence-electron chi connectivity index (χ1n) is 11.4. The first-order chi connectivity index (χ1) is 18.2. The van der Waals surface area contributed by atoms with E-state index in [2.05, 4.69) is 63.2 Å². The first kappa shape index (κ1) is 25.0. The van der Waals surface area contributed by atoms with Crippen LogP contribution in [0.25, 0.3) is 10.8 Å². The van der Waals surface area contributed by atoms with Crippen molar-refractivity contribution >= 4 is 57.8 Å². The van der Waals surface area contributed by atoms with Gasteiger partial charge in [-0.1, -0.05) is 108 Å². The van der Waals surface area contributed by atoms with Gasteiger partial charge in [0.1, 0.15) is 11.5 Å². The number of fused-ring (bicyclic) bond motifs is 1. The summed E-state index contributed by atoms with van der Waals surface area (Å²) in [7, 11) is 0. The van der Waals surface area contributed by atoms with Gasteiger partial charge in [0.2, 0.25) is 0 Å². The number of hydrogen-bond acceptors (Lipinski definition) is 8. The van der Waals surface area contributed by atoms with Crippen LogP contribution < -0.4 is 10.2 Å². The third kappa shape index (κ3) is 7.19. The molecular weight excluding hydrogens is 521 g/mol. The van der Waals surface area contributed by atoms with Crippen molar-refractivity contribution in [3.8, 4) is 11.5 Å². The van der Waals surface area contributed by atoms with Crippen LogP contribution in [0.5, 0.6) is 11.5 Å². The molecule has 5 rings (SSSR count). The summed E-state index contributed by atoms with van der Waals surface area (Å²) in [4.78, 5) is 12.2. The van der Waals surface area contributed by atoms with E-state index in [1.807, 2.05) is 54.6 Å². The molecule has 0 saturated heterocycles. The Bertz CT molecular complexity index is 1520. The van der Waals surface area contributed by atoms with Crippen LogP contribution in [0.15, 0.2) is 111 Å². The molecule has 1 amide bonds. The van der Waals surface area contributed by atoms with Crippen LogP contribution in [0, 0.1) is 0 Å². The highest BCUT2D eigenvalue weighted by Crippen LogP contribution is 2.32. The molecule has 0 fully saturated rings. The number of aromatic nitrogens is 2. The quantitative estimate of drug-likeness (QED) is 0.116. The number of benzene rings is 4. The maximum atomic E-state index is 12.2. The third-order valence-corrected chi connectivity index (χ3v) is 8.42. The lowest BCUT2D eigenvalue weighted by Crippen LogP contribution is -2.19. The lowest BCUT2D eigenvalue weighted by Gasteiger charge is -2.05. The third-order valence-electron chi connectivity index (χ3n) is 5.19. The molecule has 184 valence electrons. The second-order valence-corrected chi connectivity index (χ2v) is 11.3. The molecule has 1 aromatic heterocycles. The molecule has 0 radical (unpaired) electrons. The van der Waals surface area contributed by atoms with Crippen molar-refractivity contribution in [1.82, 2.24) is 15.6 Å². The Morgan fingerprint density at radius 2 is 1.59 bits per heavy atom. The Hall–Kier alpha value is -3.66. The molecule has 0 aliphatic heterocycles. The number of para-hydroxylation sites is 1. The standard InChI is InChI=1S/C28H22N4O2S3/c33-26(30-29-17-20-8-6-14-24(16-20)34-23-12-2-1-3-13-23)19-36-28-32-31-27(37-28)35-18-22-11-7-10-21-9-4-5-15-25(21)22/h1-17H,18-19H2,(H,30,33). The van der Waals surface area contributed by atoms with E-state index in [0.717, 1.165) is 25.7 Å². The summed E-state index contributed by atoms with van der Waals surface area (Å²) in [6.45, 7) is 0. The second kappa shape index (κ2) is 12.5. The van der Waals surface area contributed by atoms with E-state index in [4.69, 9.17) is 4.74 Å².